The van der Waals surface area contributed by atoms with Gasteiger partial charge in [-0.2, -0.15) is 0 Å². The van der Waals surface area contributed by atoms with Crippen molar-refractivity contribution in [3.8, 4) is 0 Å². The molecule has 0 radical (unpaired) electrons. The lowest BCUT2D eigenvalue weighted by Gasteiger charge is -2.15. The van der Waals surface area contributed by atoms with E-state index in [1.807, 2.05) is 6.92 Å². The van der Waals surface area contributed by atoms with E-state index in [4.69, 9.17) is 4.74 Å². The molecule has 2 aliphatic heterocycles. The zero-order valence-corrected chi connectivity index (χ0v) is 6.74. The molecule has 0 bridgehead atoms. The maximum atomic E-state index is 11.1. The molecule has 64 valence electrons. The van der Waals surface area contributed by atoms with Gasteiger partial charge >= 0.3 is 0 Å². The zero-order valence-electron chi connectivity index (χ0n) is 6.74. The number of nitrogens with zero attached hydrogens (tertiary/aromatic N) is 1. The van der Waals surface area contributed by atoms with Gasteiger partial charge in [0.25, 0.3) is 11.8 Å². The highest BCUT2D eigenvalue weighted by Gasteiger charge is 2.43. The van der Waals surface area contributed by atoms with Crippen molar-refractivity contribution in [1.29, 1.82) is 0 Å². The van der Waals surface area contributed by atoms with Crippen LogP contribution in [0, 0.1) is 0 Å². The Hall–Kier alpha value is -1.16. The molecule has 0 spiro atoms. The molecule has 1 atom stereocenters. The maximum Gasteiger partial charge on any atom is 0.253 e. The lowest BCUT2D eigenvalue weighted by atomic mass is 10.2. The van der Waals surface area contributed by atoms with Crippen molar-refractivity contribution in [3.63, 3.8) is 0 Å². The number of rotatable bonds is 2. The molecule has 1 fully saturated rings. The van der Waals surface area contributed by atoms with Gasteiger partial charge in [-0.05, 0) is 6.92 Å². The van der Waals surface area contributed by atoms with Crippen LogP contribution in [-0.2, 0) is 14.3 Å². The topological polar surface area (TPSA) is 49.9 Å². The van der Waals surface area contributed by atoms with Crippen molar-refractivity contribution < 1.29 is 14.3 Å². The maximum absolute atomic E-state index is 11.1. The standard InChI is InChI=1S/C8H9NO3/c1-8(5-12-8)4-9-6(10)2-3-7(9)11/h2-3H,4-5H2,1H3. The molecule has 0 aromatic heterocycles. The summed E-state index contributed by atoms with van der Waals surface area (Å²) in [4.78, 5) is 23.3. The first-order valence-corrected chi connectivity index (χ1v) is 3.78. The minimum atomic E-state index is -0.280. The molecule has 0 N–H and O–H groups in total. The Morgan fingerprint density at radius 3 is 2.42 bits per heavy atom. The highest BCUT2D eigenvalue weighted by atomic mass is 16.6. The number of hydrogen-bond acceptors (Lipinski definition) is 3. The third kappa shape index (κ3) is 1.14. The molecule has 2 amide bonds. The minimum Gasteiger partial charge on any atom is -0.368 e. The number of imide groups is 1. The summed E-state index contributed by atoms with van der Waals surface area (Å²) in [5, 5.41) is 0. The lowest BCUT2D eigenvalue weighted by Crippen LogP contribution is -2.37. The van der Waals surface area contributed by atoms with E-state index in [2.05, 4.69) is 0 Å². The van der Waals surface area contributed by atoms with Gasteiger partial charge < -0.3 is 4.74 Å². The van der Waals surface area contributed by atoms with Gasteiger partial charge in [0.15, 0.2) is 0 Å². The van der Waals surface area contributed by atoms with Crippen LogP contribution >= 0.6 is 0 Å². The Balaban J connectivity index is 2.04. The van der Waals surface area contributed by atoms with Gasteiger partial charge in [0.2, 0.25) is 0 Å². The van der Waals surface area contributed by atoms with Crippen LogP contribution in [0.3, 0.4) is 0 Å². The van der Waals surface area contributed by atoms with E-state index in [0.29, 0.717) is 13.2 Å². The van der Waals surface area contributed by atoms with Crippen LogP contribution in [0.25, 0.3) is 0 Å². The largest absolute Gasteiger partial charge is 0.368 e. The predicted octanol–water partition coefficient (Wildman–Crippen LogP) is -0.300. The van der Waals surface area contributed by atoms with Crippen LogP contribution in [0.1, 0.15) is 6.92 Å². The molecule has 2 heterocycles. The van der Waals surface area contributed by atoms with Gasteiger partial charge in [-0.25, -0.2) is 0 Å². The summed E-state index contributed by atoms with van der Waals surface area (Å²) < 4.78 is 5.08. The monoisotopic (exact) mass is 167 g/mol. The molecular formula is C8H9NO3. The quantitative estimate of drug-likeness (QED) is 0.419. The van der Waals surface area contributed by atoms with E-state index >= 15 is 0 Å². The van der Waals surface area contributed by atoms with Crippen LogP contribution in [0.15, 0.2) is 12.2 Å². The molecule has 2 aliphatic rings. The normalized spacial score (nSPS) is 33.2. The number of carbonyl (C=O) groups is 2. The second-order valence-electron chi connectivity index (χ2n) is 3.33. The van der Waals surface area contributed by atoms with E-state index in [1.165, 1.54) is 17.1 Å². The smallest absolute Gasteiger partial charge is 0.253 e. The van der Waals surface area contributed by atoms with Gasteiger partial charge in [-0.3, -0.25) is 14.5 Å². The molecule has 4 nitrogen and oxygen atoms in total. The molecular weight excluding hydrogens is 158 g/mol. The average Bonchev–Trinajstić information content (AvgIpc) is 2.67. The number of ether oxygens (including phenoxy) is 1. The summed E-state index contributed by atoms with van der Waals surface area (Å²) in [5.74, 6) is -0.478. The Morgan fingerprint density at radius 2 is 2.00 bits per heavy atom. The van der Waals surface area contributed by atoms with E-state index in [1.54, 1.807) is 0 Å². The molecule has 1 saturated heterocycles. The summed E-state index contributed by atoms with van der Waals surface area (Å²) in [7, 11) is 0. The number of carbonyl (C=O) groups excluding carboxylic acids is 2. The highest BCUT2D eigenvalue weighted by molar-refractivity contribution is 6.12. The first-order chi connectivity index (χ1) is 5.61. The molecule has 1 unspecified atom stereocenters. The molecule has 2 rings (SSSR count). The van der Waals surface area contributed by atoms with E-state index in [9.17, 15) is 9.59 Å². The zero-order chi connectivity index (χ0) is 8.77. The van der Waals surface area contributed by atoms with Crippen molar-refractivity contribution in [2.24, 2.45) is 0 Å². The minimum absolute atomic E-state index is 0.239. The molecule has 0 aromatic carbocycles. The van der Waals surface area contributed by atoms with Crippen LogP contribution in [0.5, 0.6) is 0 Å². The third-order valence-electron chi connectivity index (χ3n) is 2.03. The first kappa shape index (κ1) is 7.49. The Bertz CT molecular complexity index is 260. The first-order valence-electron chi connectivity index (χ1n) is 3.78. The molecule has 0 saturated carbocycles. The molecule has 4 heteroatoms. The van der Waals surface area contributed by atoms with Crippen LogP contribution in [-0.4, -0.2) is 35.5 Å². The van der Waals surface area contributed by atoms with Gasteiger partial charge in [0, 0.05) is 12.2 Å². The molecule has 12 heavy (non-hydrogen) atoms. The van der Waals surface area contributed by atoms with Crippen molar-refractivity contribution in [3.05, 3.63) is 12.2 Å². The average molecular weight is 167 g/mol. The molecule has 0 aromatic rings. The number of amides is 2. The van der Waals surface area contributed by atoms with Gasteiger partial charge in [-0.1, -0.05) is 0 Å². The number of epoxide rings is 1. The Morgan fingerprint density at radius 1 is 1.50 bits per heavy atom. The van der Waals surface area contributed by atoms with Crippen LogP contribution in [0.4, 0.5) is 0 Å². The van der Waals surface area contributed by atoms with E-state index in [-0.39, 0.29) is 17.4 Å². The van der Waals surface area contributed by atoms with Gasteiger partial charge in [-0.15, -0.1) is 0 Å². The fourth-order valence-corrected chi connectivity index (χ4v) is 1.14. The third-order valence-corrected chi connectivity index (χ3v) is 2.03. The summed E-state index contributed by atoms with van der Waals surface area (Å²) in [6, 6.07) is 0. The van der Waals surface area contributed by atoms with Gasteiger partial charge in [0.05, 0.1) is 13.2 Å². The Labute approximate surface area is 69.8 Å². The fourth-order valence-electron chi connectivity index (χ4n) is 1.14. The Kier molecular flexibility index (Phi) is 1.35. The van der Waals surface area contributed by atoms with Crippen molar-refractivity contribution in [2.45, 2.75) is 12.5 Å². The van der Waals surface area contributed by atoms with Gasteiger partial charge in [0.1, 0.15) is 5.60 Å². The highest BCUT2D eigenvalue weighted by Crippen LogP contribution is 2.27. The van der Waals surface area contributed by atoms with Crippen molar-refractivity contribution >= 4 is 11.8 Å². The summed E-state index contributed by atoms with van der Waals surface area (Å²) in [6.45, 7) is 2.88. The van der Waals surface area contributed by atoms with Crippen molar-refractivity contribution in [1.82, 2.24) is 4.90 Å². The summed E-state index contributed by atoms with van der Waals surface area (Å²) in [5.41, 5.74) is -0.280. The SMILES string of the molecule is CC1(CN2C(=O)C=CC2=O)CO1. The second kappa shape index (κ2) is 2.17. The summed E-state index contributed by atoms with van der Waals surface area (Å²) >= 11 is 0. The van der Waals surface area contributed by atoms with E-state index < -0.39 is 0 Å². The van der Waals surface area contributed by atoms with Crippen LogP contribution in [0.2, 0.25) is 0 Å². The summed E-state index contributed by atoms with van der Waals surface area (Å²) in [6.07, 6.45) is 2.57. The fraction of sp³-hybridized carbons (Fsp3) is 0.500. The lowest BCUT2D eigenvalue weighted by molar-refractivity contribution is -0.137. The van der Waals surface area contributed by atoms with E-state index in [0.717, 1.165) is 0 Å². The molecule has 0 aliphatic carbocycles. The van der Waals surface area contributed by atoms with Crippen molar-refractivity contribution in [2.75, 3.05) is 13.2 Å². The second-order valence-corrected chi connectivity index (χ2v) is 3.33. The number of hydrogen-bond donors (Lipinski definition) is 0. The van der Waals surface area contributed by atoms with Crippen LogP contribution < -0.4 is 0 Å². The predicted molar refractivity (Wildman–Crippen MR) is 40.2 cm³/mol.